The van der Waals surface area contributed by atoms with Crippen molar-refractivity contribution in [2.75, 3.05) is 11.9 Å². The van der Waals surface area contributed by atoms with E-state index in [-0.39, 0.29) is 17.1 Å². The van der Waals surface area contributed by atoms with Crippen molar-refractivity contribution in [3.05, 3.63) is 55.1 Å². The summed E-state index contributed by atoms with van der Waals surface area (Å²) in [6.45, 7) is 2.06. The number of benzene rings is 2. The molecule has 28 heavy (non-hydrogen) atoms. The Bertz CT molecular complexity index is 1190. The van der Waals surface area contributed by atoms with Crippen LogP contribution in [0.25, 0.3) is 33.8 Å². The first-order valence-corrected chi connectivity index (χ1v) is 8.21. The molecule has 0 saturated carbocycles. The summed E-state index contributed by atoms with van der Waals surface area (Å²) in [6, 6.07) is 12.1. The van der Waals surface area contributed by atoms with Gasteiger partial charge in [-0.3, -0.25) is 12.0 Å². The van der Waals surface area contributed by atoms with E-state index in [2.05, 4.69) is 32.6 Å². The highest BCUT2D eigenvalue weighted by molar-refractivity contribution is 5.82. The van der Waals surface area contributed by atoms with Gasteiger partial charge in [0.2, 0.25) is 11.8 Å². The van der Waals surface area contributed by atoms with Crippen molar-refractivity contribution in [3.63, 3.8) is 0 Å². The number of rotatable bonds is 5. The second kappa shape index (κ2) is 6.74. The molecular weight excluding hydrogens is 366 g/mol. The lowest BCUT2D eigenvalue weighted by Gasteiger charge is -2.19. The van der Waals surface area contributed by atoms with Crippen molar-refractivity contribution < 1.29 is 13.2 Å². The fourth-order valence-corrected chi connectivity index (χ4v) is 2.68. The number of nitrogens with zero attached hydrogens (tertiary/aromatic N) is 4. The minimum absolute atomic E-state index is 0.182. The molecule has 2 N–H and O–H groups in total. The standard InChI is InChI=1S/C19H13F2N6O/c1-19(20,21)10-23-15-4-2-11(6-13(15)8-22)17-26-27-18(28-17)12-3-5-16-14(7-12)9-24-25-16/h2-7,9,23H,1,10H2,(H,24,25)/q-1. The predicted octanol–water partition coefficient (Wildman–Crippen LogP) is 4.03. The first-order chi connectivity index (χ1) is 13.4. The van der Waals surface area contributed by atoms with Crippen LogP contribution in [0.1, 0.15) is 5.56 Å². The van der Waals surface area contributed by atoms with E-state index < -0.39 is 12.5 Å². The van der Waals surface area contributed by atoms with E-state index >= 15 is 0 Å². The van der Waals surface area contributed by atoms with Crippen LogP contribution in [0.3, 0.4) is 0 Å². The lowest BCUT2D eigenvalue weighted by atomic mass is 10.1. The van der Waals surface area contributed by atoms with Crippen LogP contribution >= 0.6 is 0 Å². The number of H-pyrrole nitrogens is 1. The number of nitriles is 1. The summed E-state index contributed by atoms with van der Waals surface area (Å²) in [5.74, 6) is -2.61. The molecule has 0 spiro atoms. The number of aromatic amines is 1. The zero-order valence-corrected chi connectivity index (χ0v) is 14.4. The molecule has 0 saturated heterocycles. The number of hydrogen-bond donors (Lipinski definition) is 2. The fourth-order valence-electron chi connectivity index (χ4n) is 2.68. The summed E-state index contributed by atoms with van der Waals surface area (Å²) >= 11 is 0. The minimum atomic E-state index is -3.14. The first kappa shape index (κ1) is 17.6. The third-order valence-electron chi connectivity index (χ3n) is 4.04. The number of fused-ring (bicyclic) bond motifs is 1. The summed E-state index contributed by atoms with van der Waals surface area (Å²) < 4.78 is 31.6. The molecule has 4 rings (SSSR count). The van der Waals surface area contributed by atoms with Gasteiger partial charge >= 0.3 is 0 Å². The Morgan fingerprint density at radius 1 is 1.14 bits per heavy atom. The summed E-state index contributed by atoms with van der Waals surface area (Å²) in [5.41, 5.74) is 2.58. The van der Waals surface area contributed by atoms with Crippen molar-refractivity contribution in [2.24, 2.45) is 0 Å². The van der Waals surface area contributed by atoms with Gasteiger partial charge in [0.1, 0.15) is 12.0 Å². The van der Waals surface area contributed by atoms with Gasteiger partial charge in [-0.15, -0.1) is 10.2 Å². The summed E-state index contributed by atoms with van der Waals surface area (Å²) in [6.07, 6.45) is 1.69. The topological polar surface area (TPSA) is 103 Å². The monoisotopic (exact) mass is 379 g/mol. The predicted molar refractivity (Wildman–Crippen MR) is 98.3 cm³/mol. The molecule has 0 aliphatic carbocycles. The average molecular weight is 379 g/mol. The first-order valence-electron chi connectivity index (χ1n) is 8.21. The summed E-state index contributed by atoms with van der Waals surface area (Å²) in [5, 5.41) is 27.6. The Morgan fingerprint density at radius 2 is 1.86 bits per heavy atom. The molecule has 0 amide bonds. The van der Waals surface area contributed by atoms with Crippen LogP contribution in [-0.4, -0.2) is 32.9 Å². The van der Waals surface area contributed by atoms with Gasteiger partial charge in [-0.25, -0.2) is 8.78 Å². The number of alkyl halides is 2. The highest BCUT2D eigenvalue weighted by Crippen LogP contribution is 2.28. The van der Waals surface area contributed by atoms with Crippen molar-refractivity contribution in [3.8, 4) is 29.0 Å². The van der Waals surface area contributed by atoms with E-state index in [1.807, 2.05) is 24.3 Å². The van der Waals surface area contributed by atoms with Gasteiger partial charge in [-0.2, -0.15) is 10.4 Å². The molecule has 0 atom stereocenters. The van der Waals surface area contributed by atoms with Gasteiger partial charge in [-0.05, 0) is 36.4 Å². The molecule has 2 heterocycles. The smallest absolute Gasteiger partial charge is 0.248 e. The van der Waals surface area contributed by atoms with Gasteiger partial charge < -0.3 is 9.73 Å². The van der Waals surface area contributed by atoms with Crippen molar-refractivity contribution >= 4 is 16.6 Å². The third kappa shape index (κ3) is 3.53. The minimum Gasteiger partial charge on any atom is -0.416 e. The van der Waals surface area contributed by atoms with Crippen LogP contribution < -0.4 is 5.32 Å². The Morgan fingerprint density at radius 3 is 2.57 bits per heavy atom. The normalized spacial score (nSPS) is 11.5. The van der Waals surface area contributed by atoms with Crippen LogP contribution in [-0.2, 0) is 0 Å². The van der Waals surface area contributed by atoms with Crippen LogP contribution in [0.5, 0.6) is 0 Å². The molecule has 0 unspecified atom stereocenters. The Balaban J connectivity index is 1.62. The highest BCUT2D eigenvalue weighted by atomic mass is 19.3. The SMILES string of the molecule is [CH2-]C(F)(F)CNc1ccc(-c2nnc(-c3ccc4[nH]ncc4c3)o2)cc1C#N. The molecule has 0 radical (unpaired) electrons. The zero-order chi connectivity index (χ0) is 19.7. The van der Waals surface area contributed by atoms with E-state index in [1.54, 1.807) is 12.3 Å². The van der Waals surface area contributed by atoms with Crippen molar-refractivity contribution in [1.82, 2.24) is 20.4 Å². The summed E-state index contributed by atoms with van der Waals surface area (Å²) in [4.78, 5) is 0. The van der Waals surface area contributed by atoms with E-state index in [4.69, 9.17) is 4.42 Å². The molecule has 7 nitrogen and oxygen atoms in total. The van der Waals surface area contributed by atoms with Crippen LogP contribution in [0.4, 0.5) is 14.5 Å². The molecule has 2 aromatic heterocycles. The number of halogens is 2. The molecule has 0 fully saturated rings. The number of aromatic nitrogens is 4. The molecule has 0 aliphatic heterocycles. The molecule has 2 aromatic carbocycles. The van der Waals surface area contributed by atoms with Crippen molar-refractivity contribution in [2.45, 2.75) is 5.92 Å². The average Bonchev–Trinajstić information content (AvgIpc) is 3.34. The maximum Gasteiger partial charge on any atom is 0.248 e. The van der Waals surface area contributed by atoms with Gasteiger partial charge in [0.15, 0.2) is 0 Å². The second-order valence-corrected chi connectivity index (χ2v) is 6.17. The van der Waals surface area contributed by atoms with Gasteiger partial charge in [-0.1, -0.05) is 0 Å². The third-order valence-corrected chi connectivity index (χ3v) is 4.04. The molecule has 0 aliphatic rings. The number of hydrogen-bond acceptors (Lipinski definition) is 6. The van der Waals surface area contributed by atoms with Gasteiger partial charge in [0, 0.05) is 23.1 Å². The molecular formula is C19H13F2N6O-. The van der Waals surface area contributed by atoms with Crippen LogP contribution in [0.2, 0.25) is 0 Å². The van der Waals surface area contributed by atoms with E-state index in [9.17, 15) is 14.0 Å². The second-order valence-electron chi connectivity index (χ2n) is 6.17. The number of anilines is 1. The van der Waals surface area contributed by atoms with Crippen LogP contribution in [0, 0.1) is 18.3 Å². The molecule has 4 aromatic rings. The Kier molecular flexibility index (Phi) is 4.24. The number of nitrogens with one attached hydrogen (secondary N) is 2. The molecule has 0 bridgehead atoms. The highest BCUT2D eigenvalue weighted by Gasteiger charge is 2.16. The van der Waals surface area contributed by atoms with Crippen molar-refractivity contribution in [1.29, 1.82) is 5.26 Å². The lowest BCUT2D eigenvalue weighted by Crippen LogP contribution is -2.23. The lowest BCUT2D eigenvalue weighted by molar-refractivity contribution is 0.0668. The molecule has 140 valence electrons. The fraction of sp³-hybridized carbons (Fsp3) is 0.105. The van der Waals surface area contributed by atoms with E-state index in [0.717, 1.165) is 16.5 Å². The zero-order valence-electron chi connectivity index (χ0n) is 14.4. The molecule has 9 heteroatoms. The maximum absolute atomic E-state index is 12.9. The maximum atomic E-state index is 12.9. The van der Waals surface area contributed by atoms with E-state index in [0.29, 0.717) is 11.5 Å². The summed E-state index contributed by atoms with van der Waals surface area (Å²) in [7, 11) is 0. The quantitative estimate of drug-likeness (QED) is 0.508. The Hall–Kier alpha value is -3.80. The van der Waals surface area contributed by atoms with E-state index in [1.165, 1.54) is 12.1 Å². The van der Waals surface area contributed by atoms with Gasteiger partial charge in [0.25, 0.3) is 0 Å². The largest absolute Gasteiger partial charge is 0.416 e. The van der Waals surface area contributed by atoms with Crippen LogP contribution in [0.15, 0.2) is 47.0 Å². The van der Waals surface area contributed by atoms with Gasteiger partial charge in [0.05, 0.1) is 23.0 Å². The Labute approximate surface area is 158 Å².